The lowest BCUT2D eigenvalue weighted by molar-refractivity contribution is 0.669. The van der Waals surface area contributed by atoms with Crippen LogP contribution in [-0.2, 0) is 0 Å². The van der Waals surface area contributed by atoms with E-state index in [1.54, 1.807) is 0 Å². The quantitative estimate of drug-likeness (QED) is 0.175. The Morgan fingerprint density at radius 2 is 0.960 bits per heavy atom. The topological polar surface area (TPSA) is 16.4 Å². The van der Waals surface area contributed by atoms with Crippen LogP contribution >= 0.6 is 0 Å². The first kappa shape index (κ1) is 28.4. The molecule has 0 aliphatic heterocycles. The van der Waals surface area contributed by atoms with Gasteiger partial charge in [0.1, 0.15) is 11.2 Å². The summed E-state index contributed by atoms with van der Waals surface area (Å²) in [6.07, 6.45) is 0. The third-order valence-electron chi connectivity index (χ3n) is 10.0. The first-order valence-electron chi connectivity index (χ1n) is 17.1. The van der Waals surface area contributed by atoms with Crippen molar-refractivity contribution in [3.05, 3.63) is 188 Å². The van der Waals surface area contributed by atoms with Gasteiger partial charge in [0.15, 0.2) is 0 Å². The van der Waals surface area contributed by atoms with Gasteiger partial charge in [-0.15, -0.1) is 0 Å². The van der Waals surface area contributed by atoms with Crippen molar-refractivity contribution < 1.29 is 4.42 Å². The minimum absolute atomic E-state index is 0.905. The van der Waals surface area contributed by atoms with E-state index in [1.807, 2.05) is 12.1 Å². The maximum Gasteiger partial charge on any atom is 0.136 e. The molecular weight excluding hydrogens is 607 g/mol. The Morgan fingerprint density at radius 1 is 0.320 bits per heavy atom. The van der Waals surface area contributed by atoms with Crippen molar-refractivity contribution in [2.45, 2.75) is 0 Å². The molecule has 50 heavy (non-hydrogen) atoms. The van der Waals surface area contributed by atoms with Gasteiger partial charge in [0, 0.05) is 27.5 Å². The molecule has 0 saturated carbocycles. The van der Waals surface area contributed by atoms with Crippen LogP contribution in [0.2, 0.25) is 0 Å². The van der Waals surface area contributed by atoms with Crippen LogP contribution in [0.25, 0.3) is 76.5 Å². The number of para-hydroxylation sites is 1. The van der Waals surface area contributed by atoms with Crippen LogP contribution in [0.3, 0.4) is 0 Å². The van der Waals surface area contributed by atoms with E-state index < -0.39 is 0 Å². The largest absolute Gasteiger partial charge is 0.456 e. The van der Waals surface area contributed by atoms with Crippen LogP contribution in [0, 0.1) is 0 Å². The Hall–Kier alpha value is -6.64. The summed E-state index contributed by atoms with van der Waals surface area (Å²) in [5.74, 6) is 0. The van der Waals surface area contributed by atoms with E-state index in [9.17, 15) is 0 Å². The highest BCUT2D eigenvalue weighted by atomic mass is 16.3. The van der Waals surface area contributed by atoms with Gasteiger partial charge in [0.25, 0.3) is 0 Å². The summed E-state index contributed by atoms with van der Waals surface area (Å²) in [6, 6.07) is 67.6. The number of rotatable bonds is 5. The number of fused-ring (bicyclic) bond motifs is 7. The molecule has 0 saturated heterocycles. The van der Waals surface area contributed by atoms with E-state index in [-0.39, 0.29) is 0 Å². The van der Waals surface area contributed by atoms with Gasteiger partial charge in [0.2, 0.25) is 0 Å². The van der Waals surface area contributed by atoms with E-state index in [0.717, 1.165) is 50.1 Å². The highest BCUT2D eigenvalue weighted by Crippen LogP contribution is 2.44. The minimum atomic E-state index is 0.905. The lowest BCUT2D eigenvalue weighted by Crippen LogP contribution is -2.10. The highest BCUT2D eigenvalue weighted by molar-refractivity contribution is 6.14. The van der Waals surface area contributed by atoms with Gasteiger partial charge in [-0.2, -0.15) is 0 Å². The van der Waals surface area contributed by atoms with Crippen molar-refractivity contribution in [1.82, 2.24) is 0 Å². The molecule has 0 aliphatic rings. The summed E-state index contributed by atoms with van der Waals surface area (Å²) in [5.41, 5.74) is 9.84. The molecule has 2 heteroatoms. The molecular formula is C48H31NO. The van der Waals surface area contributed by atoms with Crippen LogP contribution in [0.15, 0.2) is 192 Å². The number of benzene rings is 9. The fraction of sp³-hybridized carbons (Fsp3) is 0. The summed E-state index contributed by atoms with van der Waals surface area (Å²) in [5, 5.41) is 9.70. The second-order valence-electron chi connectivity index (χ2n) is 12.9. The molecule has 0 radical (unpaired) electrons. The Labute approximate surface area is 290 Å². The molecule has 1 aromatic heterocycles. The summed E-state index contributed by atoms with van der Waals surface area (Å²) in [4.78, 5) is 2.41. The van der Waals surface area contributed by atoms with Crippen molar-refractivity contribution in [3.8, 4) is 22.3 Å². The average Bonchev–Trinajstić information content (AvgIpc) is 3.56. The molecule has 2 nitrogen and oxygen atoms in total. The fourth-order valence-corrected chi connectivity index (χ4v) is 7.64. The number of anilines is 3. The Morgan fingerprint density at radius 3 is 1.82 bits per heavy atom. The number of hydrogen-bond donors (Lipinski definition) is 0. The molecule has 0 spiro atoms. The number of hydrogen-bond acceptors (Lipinski definition) is 2. The number of furan rings is 1. The molecule has 10 aromatic rings. The van der Waals surface area contributed by atoms with Gasteiger partial charge in [0.05, 0.1) is 5.69 Å². The van der Waals surface area contributed by atoms with Gasteiger partial charge >= 0.3 is 0 Å². The van der Waals surface area contributed by atoms with E-state index in [1.165, 1.54) is 43.4 Å². The summed E-state index contributed by atoms with van der Waals surface area (Å²) < 4.78 is 6.23. The molecule has 0 bridgehead atoms. The van der Waals surface area contributed by atoms with Gasteiger partial charge in [-0.05, 0) is 97.7 Å². The normalized spacial score (nSPS) is 11.6. The maximum absolute atomic E-state index is 6.23. The highest BCUT2D eigenvalue weighted by Gasteiger charge is 2.19. The molecule has 10 rings (SSSR count). The average molecular weight is 638 g/mol. The smallest absolute Gasteiger partial charge is 0.136 e. The van der Waals surface area contributed by atoms with Crippen LogP contribution in [0.1, 0.15) is 0 Å². The number of nitrogens with zero attached hydrogens (tertiary/aromatic N) is 1. The molecule has 9 aromatic carbocycles. The van der Waals surface area contributed by atoms with Gasteiger partial charge < -0.3 is 9.32 Å². The molecule has 0 aliphatic carbocycles. The fourth-order valence-electron chi connectivity index (χ4n) is 7.64. The van der Waals surface area contributed by atoms with Crippen molar-refractivity contribution >= 4 is 71.3 Å². The molecule has 0 amide bonds. The molecule has 234 valence electrons. The summed E-state index contributed by atoms with van der Waals surface area (Å²) in [7, 11) is 0. The standard InChI is InChI=1S/C48H31NO/c1-3-16-39-33(11-1)13-10-21-40(39)35-14-9-15-38(29-35)49(46-30-36-12-2-4-17-41(36)42-18-5-6-19-43(42)46)37-26-23-32(24-27-37)34-25-28-45-44-20-7-8-22-47(44)50-48(45)31-34/h1-31H. The maximum atomic E-state index is 6.23. The molecule has 0 fully saturated rings. The van der Waals surface area contributed by atoms with Crippen molar-refractivity contribution in [1.29, 1.82) is 0 Å². The molecule has 1 heterocycles. The summed E-state index contributed by atoms with van der Waals surface area (Å²) >= 11 is 0. The zero-order chi connectivity index (χ0) is 33.0. The summed E-state index contributed by atoms with van der Waals surface area (Å²) in [6.45, 7) is 0. The lowest BCUT2D eigenvalue weighted by Gasteiger charge is -2.28. The zero-order valence-corrected chi connectivity index (χ0v) is 27.3. The van der Waals surface area contributed by atoms with Crippen molar-refractivity contribution in [2.75, 3.05) is 4.90 Å². The predicted molar refractivity (Wildman–Crippen MR) is 212 cm³/mol. The monoisotopic (exact) mass is 637 g/mol. The minimum Gasteiger partial charge on any atom is -0.456 e. The van der Waals surface area contributed by atoms with Gasteiger partial charge in [-0.25, -0.2) is 0 Å². The van der Waals surface area contributed by atoms with E-state index >= 15 is 0 Å². The Kier molecular flexibility index (Phi) is 6.53. The van der Waals surface area contributed by atoms with Crippen molar-refractivity contribution in [3.63, 3.8) is 0 Å². The first-order valence-corrected chi connectivity index (χ1v) is 17.1. The third kappa shape index (κ3) is 4.65. The van der Waals surface area contributed by atoms with E-state index in [0.29, 0.717) is 0 Å². The first-order chi connectivity index (χ1) is 24.8. The van der Waals surface area contributed by atoms with E-state index in [2.05, 4.69) is 181 Å². The van der Waals surface area contributed by atoms with Crippen LogP contribution < -0.4 is 4.90 Å². The molecule has 0 atom stereocenters. The van der Waals surface area contributed by atoms with Crippen LogP contribution in [-0.4, -0.2) is 0 Å². The Balaban J connectivity index is 1.15. The van der Waals surface area contributed by atoms with Gasteiger partial charge in [-0.3, -0.25) is 0 Å². The second kappa shape index (κ2) is 11.5. The van der Waals surface area contributed by atoms with Crippen LogP contribution in [0.5, 0.6) is 0 Å². The SMILES string of the molecule is c1cc(-c2cccc3ccccc23)cc(N(c2ccc(-c3ccc4c(c3)oc3ccccc34)cc2)c2cc3ccccc3c3ccccc23)c1. The zero-order valence-electron chi connectivity index (χ0n) is 27.3. The van der Waals surface area contributed by atoms with Crippen LogP contribution in [0.4, 0.5) is 17.1 Å². The molecule has 0 unspecified atom stereocenters. The predicted octanol–water partition coefficient (Wildman–Crippen LogP) is 13.8. The molecule has 0 N–H and O–H groups in total. The van der Waals surface area contributed by atoms with Crippen molar-refractivity contribution in [2.24, 2.45) is 0 Å². The second-order valence-corrected chi connectivity index (χ2v) is 12.9. The Bertz CT molecular complexity index is 2870. The third-order valence-corrected chi connectivity index (χ3v) is 10.0. The lowest BCUT2D eigenvalue weighted by atomic mass is 9.96. The van der Waals surface area contributed by atoms with E-state index in [4.69, 9.17) is 4.42 Å². The van der Waals surface area contributed by atoms with Gasteiger partial charge in [-0.1, -0.05) is 140 Å².